The summed E-state index contributed by atoms with van der Waals surface area (Å²) in [6, 6.07) is 14.8. The summed E-state index contributed by atoms with van der Waals surface area (Å²) in [6.07, 6.45) is 3.11. The number of nitrogens with zero attached hydrogens (tertiary/aromatic N) is 2. The van der Waals surface area contributed by atoms with Crippen molar-refractivity contribution in [2.75, 3.05) is 12.4 Å². The van der Waals surface area contributed by atoms with Gasteiger partial charge in [0.15, 0.2) is 5.65 Å². The summed E-state index contributed by atoms with van der Waals surface area (Å²) in [5.41, 5.74) is 4.18. The Morgan fingerprint density at radius 2 is 1.94 bits per heavy atom. The maximum absolute atomic E-state index is 12.9. The summed E-state index contributed by atoms with van der Waals surface area (Å²) >= 11 is 6.06. The quantitative estimate of drug-likeness (QED) is 0.335. The molecule has 0 saturated heterocycles. The van der Waals surface area contributed by atoms with Gasteiger partial charge in [0, 0.05) is 29.5 Å². The molecule has 8 heteroatoms. The molecule has 0 bridgehead atoms. The lowest BCUT2D eigenvalue weighted by Crippen LogP contribution is -2.26. The van der Waals surface area contributed by atoms with E-state index in [0.29, 0.717) is 38.7 Å². The number of aromatic amines is 1. The molecule has 0 spiro atoms. The van der Waals surface area contributed by atoms with Gasteiger partial charge in [-0.1, -0.05) is 41.9 Å². The third-order valence-corrected chi connectivity index (χ3v) is 5.28. The highest BCUT2D eigenvalue weighted by Gasteiger charge is 2.19. The zero-order valence-corrected chi connectivity index (χ0v) is 17.8. The van der Waals surface area contributed by atoms with Crippen LogP contribution >= 0.6 is 11.6 Å². The minimum absolute atomic E-state index is 0.166. The third kappa shape index (κ3) is 4.13. The predicted octanol–water partition coefficient (Wildman–Crippen LogP) is 4.56. The second kappa shape index (κ2) is 8.57. The van der Waals surface area contributed by atoms with Crippen molar-refractivity contribution >= 4 is 40.1 Å². The molecule has 1 atom stereocenters. The van der Waals surface area contributed by atoms with E-state index in [2.05, 4.69) is 25.6 Å². The van der Waals surface area contributed by atoms with E-state index in [-0.39, 0.29) is 17.7 Å². The Morgan fingerprint density at radius 3 is 2.68 bits per heavy atom. The van der Waals surface area contributed by atoms with Crippen molar-refractivity contribution in [1.29, 1.82) is 5.41 Å². The van der Waals surface area contributed by atoms with Crippen LogP contribution in [0.5, 0.6) is 0 Å². The number of fused-ring (bicyclic) bond motifs is 1. The average molecular weight is 433 g/mol. The lowest BCUT2D eigenvalue weighted by atomic mass is 10.1. The maximum Gasteiger partial charge on any atom is 0.255 e. The molecule has 2 aromatic carbocycles. The topological polar surface area (TPSA) is 107 Å². The van der Waals surface area contributed by atoms with Crippen LogP contribution in [0.1, 0.15) is 40.1 Å². The molecule has 1 unspecified atom stereocenters. The van der Waals surface area contributed by atoms with Gasteiger partial charge in [-0.25, -0.2) is 9.97 Å². The van der Waals surface area contributed by atoms with Gasteiger partial charge in [0.05, 0.1) is 23.5 Å². The van der Waals surface area contributed by atoms with E-state index >= 15 is 0 Å². The number of halogens is 1. The highest BCUT2D eigenvalue weighted by molar-refractivity contribution is 6.31. The Labute approximate surface area is 184 Å². The minimum Gasteiger partial charge on any atom is -0.388 e. The molecule has 2 heterocycles. The summed E-state index contributed by atoms with van der Waals surface area (Å²) in [5.74, 6) is -0.261. The smallest absolute Gasteiger partial charge is 0.255 e. The van der Waals surface area contributed by atoms with E-state index in [1.54, 1.807) is 31.4 Å². The predicted molar refractivity (Wildman–Crippen MR) is 123 cm³/mol. The van der Waals surface area contributed by atoms with E-state index in [0.717, 1.165) is 5.56 Å². The van der Waals surface area contributed by atoms with Crippen LogP contribution in [0.2, 0.25) is 5.02 Å². The number of H-pyrrole nitrogens is 1. The standard InChI is InChI=1S/C23H21ClN6O/c1-13(14-6-4-3-5-7-14)29-23(31)17-11-27-22-21(17)30-19(12-28-22)20(25)16-9-8-15(24)10-18(16)26-2/h3-13,25-26H,1-2H3,(H,27,28)(H,29,31). The summed E-state index contributed by atoms with van der Waals surface area (Å²) in [6.45, 7) is 1.93. The van der Waals surface area contributed by atoms with E-state index in [9.17, 15) is 4.79 Å². The number of hydrogen-bond acceptors (Lipinski definition) is 5. The molecule has 4 rings (SSSR count). The lowest BCUT2D eigenvalue weighted by Gasteiger charge is -2.14. The normalized spacial score (nSPS) is 11.8. The van der Waals surface area contributed by atoms with Gasteiger partial charge in [0.2, 0.25) is 0 Å². The Kier molecular flexibility index (Phi) is 5.68. The van der Waals surface area contributed by atoms with Gasteiger partial charge in [0.25, 0.3) is 5.91 Å². The fourth-order valence-electron chi connectivity index (χ4n) is 3.36. The van der Waals surface area contributed by atoms with Crippen LogP contribution < -0.4 is 10.6 Å². The van der Waals surface area contributed by atoms with Gasteiger partial charge >= 0.3 is 0 Å². The molecular weight excluding hydrogens is 412 g/mol. The third-order valence-electron chi connectivity index (χ3n) is 5.05. The average Bonchev–Trinajstić information content (AvgIpc) is 3.22. The number of benzene rings is 2. The number of hydrogen-bond donors (Lipinski definition) is 4. The fourth-order valence-corrected chi connectivity index (χ4v) is 3.54. The van der Waals surface area contributed by atoms with Crippen LogP contribution in [0.3, 0.4) is 0 Å². The zero-order chi connectivity index (χ0) is 22.0. The van der Waals surface area contributed by atoms with Crippen molar-refractivity contribution in [3.8, 4) is 0 Å². The van der Waals surface area contributed by atoms with Crippen molar-refractivity contribution in [2.45, 2.75) is 13.0 Å². The van der Waals surface area contributed by atoms with Gasteiger partial charge < -0.3 is 15.6 Å². The molecule has 156 valence electrons. The molecule has 4 aromatic rings. The van der Waals surface area contributed by atoms with Crippen LogP contribution in [0, 0.1) is 5.41 Å². The molecule has 4 N–H and O–H groups in total. The van der Waals surface area contributed by atoms with Crippen LogP contribution in [0.4, 0.5) is 5.69 Å². The Morgan fingerprint density at radius 1 is 1.16 bits per heavy atom. The summed E-state index contributed by atoms with van der Waals surface area (Å²) in [4.78, 5) is 24.8. The first kappa shape index (κ1) is 20.6. The first-order valence-corrected chi connectivity index (χ1v) is 10.1. The molecule has 0 fully saturated rings. The highest BCUT2D eigenvalue weighted by Crippen LogP contribution is 2.24. The molecule has 0 radical (unpaired) electrons. The molecule has 1 amide bonds. The Balaban J connectivity index is 1.65. The van der Waals surface area contributed by atoms with Gasteiger partial charge in [-0.15, -0.1) is 0 Å². The van der Waals surface area contributed by atoms with Gasteiger partial charge in [-0.3, -0.25) is 10.2 Å². The van der Waals surface area contributed by atoms with Crippen molar-refractivity contribution in [3.63, 3.8) is 0 Å². The lowest BCUT2D eigenvalue weighted by molar-refractivity contribution is 0.0941. The van der Waals surface area contributed by atoms with Crippen LogP contribution in [-0.4, -0.2) is 33.6 Å². The maximum atomic E-state index is 12.9. The van der Waals surface area contributed by atoms with E-state index < -0.39 is 0 Å². The Bertz CT molecular complexity index is 1270. The molecule has 0 aliphatic rings. The number of carbonyl (C=O) groups excluding carboxylic acids is 1. The molecular formula is C23H21ClN6O. The van der Waals surface area contributed by atoms with Crippen molar-refractivity contribution < 1.29 is 4.79 Å². The van der Waals surface area contributed by atoms with Crippen molar-refractivity contribution in [3.05, 3.63) is 88.3 Å². The summed E-state index contributed by atoms with van der Waals surface area (Å²) in [7, 11) is 1.76. The van der Waals surface area contributed by atoms with Gasteiger partial charge in [-0.05, 0) is 30.7 Å². The van der Waals surface area contributed by atoms with E-state index in [4.69, 9.17) is 17.0 Å². The number of carbonyl (C=O) groups is 1. The second-order valence-corrected chi connectivity index (χ2v) is 7.51. The fraction of sp³-hybridized carbons (Fsp3) is 0.130. The second-order valence-electron chi connectivity index (χ2n) is 7.08. The number of aromatic nitrogens is 3. The molecule has 0 aliphatic heterocycles. The first-order valence-electron chi connectivity index (χ1n) is 9.74. The van der Waals surface area contributed by atoms with Crippen molar-refractivity contribution in [1.82, 2.24) is 20.3 Å². The monoisotopic (exact) mass is 432 g/mol. The molecule has 0 aliphatic carbocycles. The number of anilines is 1. The largest absolute Gasteiger partial charge is 0.388 e. The summed E-state index contributed by atoms with van der Waals surface area (Å²) in [5, 5.41) is 15.2. The van der Waals surface area contributed by atoms with Crippen molar-refractivity contribution in [2.24, 2.45) is 0 Å². The summed E-state index contributed by atoms with van der Waals surface area (Å²) < 4.78 is 0. The highest BCUT2D eigenvalue weighted by atomic mass is 35.5. The van der Waals surface area contributed by atoms with Gasteiger partial charge in [-0.2, -0.15) is 0 Å². The molecule has 7 nitrogen and oxygen atoms in total. The number of amides is 1. The Hall–Kier alpha value is -3.71. The number of rotatable bonds is 6. The number of nitrogens with one attached hydrogen (secondary N) is 4. The van der Waals surface area contributed by atoms with E-state index in [1.165, 1.54) is 6.20 Å². The molecule has 31 heavy (non-hydrogen) atoms. The first-order chi connectivity index (χ1) is 15.0. The van der Waals surface area contributed by atoms with Gasteiger partial charge in [0.1, 0.15) is 11.2 Å². The molecule has 2 aromatic heterocycles. The van der Waals surface area contributed by atoms with Crippen LogP contribution in [0.15, 0.2) is 60.9 Å². The van der Waals surface area contributed by atoms with Crippen LogP contribution in [-0.2, 0) is 0 Å². The molecule has 0 saturated carbocycles. The zero-order valence-electron chi connectivity index (χ0n) is 17.0. The SMILES string of the molecule is CNc1cc(Cl)ccc1C(=N)c1cnc2[nH]cc(C(=O)NC(C)c3ccccc3)c2n1. The van der Waals surface area contributed by atoms with Crippen LogP contribution in [0.25, 0.3) is 11.2 Å². The minimum atomic E-state index is -0.261. The van der Waals surface area contributed by atoms with E-state index in [1.807, 2.05) is 37.3 Å².